The van der Waals surface area contributed by atoms with E-state index in [4.69, 9.17) is 8.83 Å². The third kappa shape index (κ3) is 4.95. The average molecular weight is 476 g/mol. The molecule has 3 aromatic rings. The van der Waals surface area contributed by atoms with Crippen LogP contribution < -0.4 is 10.1 Å². The highest BCUT2D eigenvalue weighted by Gasteiger charge is 2.35. The summed E-state index contributed by atoms with van der Waals surface area (Å²) in [5.74, 6) is -1.04. The first-order chi connectivity index (χ1) is 16.1. The highest BCUT2D eigenvalue weighted by Crippen LogP contribution is 2.28. The Kier molecular flexibility index (Phi) is 5.88. The summed E-state index contributed by atoms with van der Waals surface area (Å²) >= 11 is 0. The molecule has 12 heteroatoms. The van der Waals surface area contributed by atoms with Crippen molar-refractivity contribution in [2.45, 2.75) is 12.9 Å². The summed E-state index contributed by atoms with van der Waals surface area (Å²) in [4.78, 5) is 37.2. The lowest BCUT2D eigenvalue weighted by atomic mass is 10.2. The Labute approximate surface area is 189 Å². The van der Waals surface area contributed by atoms with Crippen molar-refractivity contribution in [2.24, 2.45) is 0 Å². The van der Waals surface area contributed by atoms with E-state index in [-0.39, 0.29) is 35.3 Å². The maximum Gasteiger partial charge on any atom is 0.573 e. The monoisotopic (exact) mass is 476 g/mol. The Morgan fingerprint density at radius 2 is 1.79 bits per heavy atom. The van der Waals surface area contributed by atoms with Gasteiger partial charge in [0.15, 0.2) is 0 Å². The van der Waals surface area contributed by atoms with Crippen LogP contribution in [0.3, 0.4) is 0 Å². The van der Waals surface area contributed by atoms with Crippen molar-refractivity contribution in [3.63, 3.8) is 0 Å². The number of nitrogens with zero attached hydrogens (tertiary/aromatic N) is 1. The Balaban J connectivity index is 1.46. The SMILES string of the molecule is COC(=O)c1ccc(CN2C(=O)NC(=Cc3ccc(-c4ccc(OC(F)(F)F)cc4)o3)C2=O)o1. The number of ether oxygens (including phenoxy) is 2. The van der Waals surface area contributed by atoms with Crippen LogP contribution in [0.2, 0.25) is 0 Å². The molecule has 9 nitrogen and oxygen atoms in total. The molecule has 0 atom stereocenters. The van der Waals surface area contributed by atoms with Crippen molar-refractivity contribution in [1.82, 2.24) is 10.2 Å². The summed E-state index contributed by atoms with van der Waals surface area (Å²) < 4.78 is 56.1. The molecule has 1 aromatic carbocycles. The maximum atomic E-state index is 12.6. The van der Waals surface area contributed by atoms with Gasteiger partial charge in [0.1, 0.15) is 28.7 Å². The summed E-state index contributed by atoms with van der Waals surface area (Å²) in [6, 6.07) is 10.2. The summed E-state index contributed by atoms with van der Waals surface area (Å²) in [7, 11) is 1.19. The number of methoxy groups -OCH3 is 1. The molecular formula is C22H15F3N2O7. The number of alkyl halides is 3. The lowest BCUT2D eigenvalue weighted by molar-refractivity contribution is -0.274. The van der Waals surface area contributed by atoms with Gasteiger partial charge in [0.2, 0.25) is 5.76 Å². The fraction of sp³-hybridized carbons (Fsp3) is 0.136. The van der Waals surface area contributed by atoms with Crippen LogP contribution in [0, 0.1) is 0 Å². The van der Waals surface area contributed by atoms with E-state index < -0.39 is 24.3 Å². The molecule has 176 valence electrons. The molecule has 3 amide bonds. The second-order valence-corrected chi connectivity index (χ2v) is 6.91. The summed E-state index contributed by atoms with van der Waals surface area (Å²) in [6.45, 7) is -0.214. The Bertz CT molecular complexity index is 1270. The number of carbonyl (C=O) groups is 3. The molecule has 0 unspecified atom stereocenters. The lowest BCUT2D eigenvalue weighted by Gasteiger charge is -2.09. The van der Waals surface area contributed by atoms with E-state index in [0.29, 0.717) is 11.3 Å². The molecule has 1 fully saturated rings. The van der Waals surface area contributed by atoms with Crippen LogP contribution in [-0.2, 0) is 16.1 Å². The third-order valence-electron chi connectivity index (χ3n) is 4.61. The molecule has 0 saturated carbocycles. The predicted molar refractivity (Wildman–Crippen MR) is 108 cm³/mol. The number of nitrogens with one attached hydrogen (secondary N) is 1. The Morgan fingerprint density at radius 3 is 2.47 bits per heavy atom. The van der Waals surface area contributed by atoms with Crippen molar-refractivity contribution in [1.29, 1.82) is 0 Å². The van der Waals surface area contributed by atoms with Gasteiger partial charge in [-0.1, -0.05) is 0 Å². The number of furan rings is 2. The second-order valence-electron chi connectivity index (χ2n) is 6.91. The van der Waals surface area contributed by atoms with Crippen LogP contribution in [0.5, 0.6) is 5.75 Å². The van der Waals surface area contributed by atoms with E-state index in [2.05, 4.69) is 14.8 Å². The largest absolute Gasteiger partial charge is 0.573 e. The molecule has 2 aromatic heterocycles. The van der Waals surface area contributed by atoms with Crippen LogP contribution in [0.1, 0.15) is 22.1 Å². The number of urea groups is 1. The van der Waals surface area contributed by atoms with Gasteiger partial charge < -0.3 is 23.6 Å². The van der Waals surface area contributed by atoms with Crippen LogP contribution in [0.4, 0.5) is 18.0 Å². The highest BCUT2D eigenvalue weighted by molar-refractivity contribution is 6.13. The molecule has 3 heterocycles. The van der Waals surface area contributed by atoms with E-state index in [1.807, 2.05) is 0 Å². The zero-order valence-electron chi connectivity index (χ0n) is 17.3. The van der Waals surface area contributed by atoms with E-state index in [1.165, 1.54) is 43.5 Å². The molecule has 1 aliphatic heterocycles. The second kappa shape index (κ2) is 8.81. The fourth-order valence-electron chi connectivity index (χ4n) is 3.09. The number of esters is 1. The van der Waals surface area contributed by atoms with Gasteiger partial charge in [-0.05, 0) is 48.5 Å². The van der Waals surface area contributed by atoms with E-state index in [1.54, 1.807) is 6.07 Å². The Hall–Kier alpha value is -4.48. The van der Waals surface area contributed by atoms with Gasteiger partial charge in [-0.15, -0.1) is 13.2 Å². The number of amides is 3. The van der Waals surface area contributed by atoms with Gasteiger partial charge in [-0.25, -0.2) is 9.59 Å². The zero-order chi connectivity index (χ0) is 24.5. The first-order valence-electron chi connectivity index (χ1n) is 9.60. The van der Waals surface area contributed by atoms with E-state index in [9.17, 15) is 27.6 Å². The van der Waals surface area contributed by atoms with Crippen molar-refractivity contribution >= 4 is 24.0 Å². The standard InChI is InChI=1S/C22H15F3N2O7/c1-31-20(29)18-9-7-15(33-18)11-27-19(28)16(26-21(27)30)10-14-6-8-17(32-14)12-2-4-13(5-3-12)34-22(23,24)25/h2-10H,11H2,1H3,(H,26,30). The molecular weight excluding hydrogens is 461 g/mol. The van der Waals surface area contributed by atoms with Crippen LogP contribution in [0.15, 0.2) is 63.1 Å². The zero-order valence-corrected chi connectivity index (χ0v) is 17.3. The molecule has 0 radical (unpaired) electrons. The van der Waals surface area contributed by atoms with Gasteiger partial charge >= 0.3 is 18.4 Å². The average Bonchev–Trinajstić information content (AvgIpc) is 3.50. The first-order valence-corrected chi connectivity index (χ1v) is 9.60. The van der Waals surface area contributed by atoms with Gasteiger partial charge in [-0.2, -0.15) is 0 Å². The van der Waals surface area contributed by atoms with Crippen molar-refractivity contribution in [3.05, 3.63) is 71.5 Å². The number of halogens is 3. The topological polar surface area (TPSA) is 111 Å². The summed E-state index contributed by atoms with van der Waals surface area (Å²) in [5.41, 5.74) is 0.418. The third-order valence-corrected chi connectivity index (χ3v) is 4.61. The minimum atomic E-state index is -4.79. The van der Waals surface area contributed by atoms with Crippen molar-refractivity contribution < 1.29 is 45.9 Å². The maximum absolute atomic E-state index is 12.6. The smallest absolute Gasteiger partial charge is 0.463 e. The summed E-state index contributed by atoms with van der Waals surface area (Å²) in [6.07, 6.45) is -3.48. The molecule has 0 spiro atoms. The highest BCUT2D eigenvalue weighted by atomic mass is 19.4. The Morgan fingerprint density at radius 1 is 1.06 bits per heavy atom. The van der Waals surface area contributed by atoms with Gasteiger partial charge in [0, 0.05) is 11.6 Å². The van der Waals surface area contributed by atoms with Gasteiger partial charge in [-0.3, -0.25) is 9.69 Å². The number of carbonyl (C=O) groups excluding carboxylic acids is 3. The van der Waals surface area contributed by atoms with Crippen molar-refractivity contribution in [3.8, 4) is 17.1 Å². The molecule has 0 aliphatic carbocycles. The van der Waals surface area contributed by atoms with Crippen LogP contribution in [-0.4, -0.2) is 36.3 Å². The molecule has 1 N–H and O–H groups in total. The fourth-order valence-corrected chi connectivity index (χ4v) is 3.09. The van der Waals surface area contributed by atoms with Gasteiger partial charge in [0.25, 0.3) is 5.91 Å². The van der Waals surface area contributed by atoms with E-state index in [0.717, 1.165) is 17.0 Å². The molecule has 1 aliphatic rings. The van der Waals surface area contributed by atoms with Crippen LogP contribution >= 0.6 is 0 Å². The van der Waals surface area contributed by atoms with Crippen molar-refractivity contribution in [2.75, 3.05) is 7.11 Å². The first kappa shape index (κ1) is 22.7. The molecule has 34 heavy (non-hydrogen) atoms. The number of imide groups is 1. The quantitative estimate of drug-likeness (QED) is 0.321. The summed E-state index contributed by atoms with van der Waals surface area (Å²) in [5, 5.41) is 2.42. The minimum Gasteiger partial charge on any atom is -0.463 e. The molecule has 4 rings (SSSR count). The number of hydrogen-bond donors (Lipinski definition) is 1. The van der Waals surface area contributed by atoms with E-state index >= 15 is 0 Å². The number of hydrogen-bond acceptors (Lipinski definition) is 7. The minimum absolute atomic E-state index is 0.0560. The molecule has 1 saturated heterocycles. The lowest BCUT2D eigenvalue weighted by Crippen LogP contribution is -2.30. The number of rotatable bonds is 6. The molecule has 0 bridgehead atoms. The predicted octanol–water partition coefficient (Wildman–Crippen LogP) is 4.32. The van der Waals surface area contributed by atoms with Gasteiger partial charge in [0.05, 0.1) is 13.7 Å². The van der Waals surface area contributed by atoms with Crippen LogP contribution in [0.25, 0.3) is 17.4 Å². The normalized spacial score (nSPS) is 15.1. The number of benzene rings is 1.